The molecular weight excluding hydrogens is 454 g/mol. The van der Waals surface area contributed by atoms with E-state index in [0.717, 1.165) is 54.5 Å². The maximum absolute atomic E-state index is 5.05. The van der Waals surface area contributed by atoms with Crippen LogP contribution in [0.3, 0.4) is 0 Å². The van der Waals surface area contributed by atoms with Gasteiger partial charge in [-0.2, -0.15) is 9.61 Å². The zero-order valence-corrected chi connectivity index (χ0v) is 21.5. The average Bonchev–Trinajstić information content (AvgIpc) is 3.39. The fourth-order valence-electron chi connectivity index (χ4n) is 5.40. The smallest absolute Gasteiger partial charge is 0.165 e. The summed E-state index contributed by atoms with van der Waals surface area (Å²) in [5.41, 5.74) is 6.95. The molecule has 5 aromatic rings. The third-order valence-corrected chi connectivity index (χ3v) is 7.38. The van der Waals surface area contributed by atoms with E-state index in [1.165, 1.54) is 11.1 Å². The van der Waals surface area contributed by atoms with Gasteiger partial charge in [-0.1, -0.05) is 105 Å². The summed E-state index contributed by atoms with van der Waals surface area (Å²) in [6.07, 6.45) is 1.96. The summed E-state index contributed by atoms with van der Waals surface area (Å²) < 4.78 is 2.04. The standard InChI is InChI=1S/C32H33N5/c1-24(2)29-22-30(37-32(34-29)28(23-33-37)25-12-6-3-7-13-25)35-18-20-36(21-19-35)31(26-14-8-4-9-15-26)27-16-10-5-11-17-27/h3-17,22-24,31H,18-21H2,1-2H3. The lowest BCUT2D eigenvalue weighted by atomic mass is 9.96. The SMILES string of the molecule is CC(C)c1cc(N2CCN(C(c3ccccc3)c3ccccc3)CC2)n2ncc(-c3ccccc3)c2n1. The number of fused-ring (bicyclic) bond motifs is 1. The molecule has 37 heavy (non-hydrogen) atoms. The number of aromatic nitrogens is 3. The molecule has 1 fully saturated rings. The number of benzene rings is 3. The lowest BCUT2D eigenvalue weighted by molar-refractivity contribution is 0.211. The minimum atomic E-state index is 0.252. The van der Waals surface area contributed by atoms with Gasteiger partial charge in [0.15, 0.2) is 5.65 Å². The molecule has 0 spiro atoms. The van der Waals surface area contributed by atoms with Crippen LogP contribution in [0.4, 0.5) is 5.82 Å². The highest BCUT2D eigenvalue weighted by atomic mass is 15.4. The van der Waals surface area contributed by atoms with Gasteiger partial charge in [0.05, 0.1) is 12.2 Å². The van der Waals surface area contributed by atoms with E-state index in [0.29, 0.717) is 5.92 Å². The van der Waals surface area contributed by atoms with Gasteiger partial charge in [0, 0.05) is 43.5 Å². The molecule has 1 saturated heterocycles. The zero-order chi connectivity index (χ0) is 25.2. The summed E-state index contributed by atoms with van der Waals surface area (Å²) in [6, 6.07) is 34.7. The highest BCUT2D eigenvalue weighted by Gasteiger charge is 2.28. The Hall–Kier alpha value is -3.96. The summed E-state index contributed by atoms with van der Waals surface area (Å²) in [6.45, 7) is 8.25. The van der Waals surface area contributed by atoms with E-state index in [1.54, 1.807) is 0 Å². The number of hydrogen-bond donors (Lipinski definition) is 0. The van der Waals surface area contributed by atoms with Crippen molar-refractivity contribution >= 4 is 11.5 Å². The van der Waals surface area contributed by atoms with Crippen LogP contribution in [0, 0.1) is 0 Å². The van der Waals surface area contributed by atoms with Crippen LogP contribution in [0.15, 0.2) is 103 Å². The molecule has 3 aromatic carbocycles. The predicted octanol–water partition coefficient (Wildman–Crippen LogP) is 6.43. The molecule has 3 heterocycles. The van der Waals surface area contributed by atoms with Crippen LogP contribution >= 0.6 is 0 Å². The van der Waals surface area contributed by atoms with Crippen LogP contribution < -0.4 is 4.90 Å². The number of nitrogens with zero attached hydrogens (tertiary/aromatic N) is 5. The Morgan fingerprint density at radius 2 is 1.27 bits per heavy atom. The molecule has 1 aliphatic heterocycles. The zero-order valence-electron chi connectivity index (χ0n) is 21.5. The van der Waals surface area contributed by atoms with Crippen LogP contribution in [0.2, 0.25) is 0 Å². The van der Waals surface area contributed by atoms with Gasteiger partial charge < -0.3 is 4.90 Å². The molecule has 6 rings (SSSR count). The molecule has 0 saturated carbocycles. The van der Waals surface area contributed by atoms with Gasteiger partial charge in [-0.05, 0) is 22.6 Å². The van der Waals surface area contributed by atoms with Gasteiger partial charge in [-0.15, -0.1) is 0 Å². The molecule has 0 aliphatic carbocycles. The summed E-state index contributed by atoms with van der Waals surface area (Å²) in [7, 11) is 0. The molecule has 0 radical (unpaired) electrons. The Balaban J connectivity index is 1.32. The van der Waals surface area contributed by atoms with Gasteiger partial charge in [0.25, 0.3) is 0 Å². The molecule has 0 N–H and O–H groups in total. The van der Waals surface area contributed by atoms with E-state index < -0.39 is 0 Å². The van der Waals surface area contributed by atoms with Gasteiger partial charge in [-0.3, -0.25) is 4.90 Å². The molecular formula is C32H33N5. The van der Waals surface area contributed by atoms with E-state index in [2.05, 4.69) is 115 Å². The van der Waals surface area contributed by atoms with Crippen molar-refractivity contribution in [1.29, 1.82) is 0 Å². The predicted molar refractivity (Wildman–Crippen MR) is 151 cm³/mol. The molecule has 1 aliphatic rings. The molecule has 0 bridgehead atoms. The van der Waals surface area contributed by atoms with E-state index in [9.17, 15) is 0 Å². The first-order valence-electron chi connectivity index (χ1n) is 13.2. The highest BCUT2D eigenvalue weighted by Crippen LogP contribution is 2.32. The van der Waals surface area contributed by atoms with Crippen molar-refractivity contribution in [2.45, 2.75) is 25.8 Å². The maximum Gasteiger partial charge on any atom is 0.165 e. The second-order valence-corrected chi connectivity index (χ2v) is 10.1. The van der Waals surface area contributed by atoms with Crippen LogP contribution in [-0.2, 0) is 0 Å². The third kappa shape index (κ3) is 4.63. The van der Waals surface area contributed by atoms with Gasteiger partial charge in [0.1, 0.15) is 5.82 Å². The van der Waals surface area contributed by atoms with Crippen molar-refractivity contribution in [3.63, 3.8) is 0 Å². The quantitative estimate of drug-likeness (QED) is 0.277. The summed E-state index contributed by atoms with van der Waals surface area (Å²) in [4.78, 5) is 10.1. The molecule has 2 aromatic heterocycles. The van der Waals surface area contributed by atoms with Crippen LogP contribution in [0.5, 0.6) is 0 Å². The Morgan fingerprint density at radius 3 is 1.84 bits per heavy atom. The summed E-state index contributed by atoms with van der Waals surface area (Å²) >= 11 is 0. The summed E-state index contributed by atoms with van der Waals surface area (Å²) in [5, 5.41) is 4.82. The van der Waals surface area contributed by atoms with Crippen molar-refractivity contribution in [3.05, 3.63) is 120 Å². The number of anilines is 1. The first kappa shape index (κ1) is 23.4. The van der Waals surface area contributed by atoms with Gasteiger partial charge in [0.2, 0.25) is 0 Å². The number of rotatable bonds is 6. The van der Waals surface area contributed by atoms with E-state index >= 15 is 0 Å². The Labute approximate surface area is 219 Å². The fraction of sp³-hybridized carbons (Fsp3) is 0.250. The van der Waals surface area contributed by atoms with Gasteiger partial charge >= 0.3 is 0 Å². The Bertz CT molecular complexity index is 1410. The topological polar surface area (TPSA) is 36.7 Å². The van der Waals surface area contributed by atoms with Crippen LogP contribution in [0.25, 0.3) is 16.8 Å². The first-order chi connectivity index (χ1) is 18.2. The van der Waals surface area contributed by atoms with E-state index in [4.69, 9.17) is 10.1 Å². The van der Waals surface area contributed by atoms with Crippen molar-refractivity contribution in [1.82, 2.24) is 19.5 Å². The fourth-order valence-corrected chi connectivity index (χ4v) is 5.40. The highest BCUT2D eigenvalue weighted by molar-refractivity contribution is 5.78. The molecule has 5 heteroatoms. The number of piperazine rings is 1. The lowest BCUT2D eigenvalue weighted by Crippen LogP contribution is -2.48. The second-order valence-electron chi connectivity index (χ2n) is 10.1. The molecule has 0 amide bonds. The molecule has 0 unspecified atom stereocenters. The van der Waals surface area contributed by atoms with Crippen molar-refractivity contribution in [2.75, 3.05) is 31.1 Å². The average molecular weight is 488 g/mol. The van der Waals surface area contributed by atoms with Crippen molar-refractivity contribution < 1.29 is 0 Å². The third-order valence-electron chi connectivity index (χ3n) is 7.38. The minimum Gasteiger partial charge on any atom is -0.354 e. The van der Waals surface area contributed by atoms with Crippen molar-refractivity contribution in [3.8, 4) is 11.1 Å². The van der Waals surface area contributed by atoms with Crippen LogP contribution in [0.1, 0.15) is 42.6 Å². The molecule has 0 atom stereocenters. The lowest BCUT2D eigenvalue weighted by Gasteiger charge is -2.40. The van der Waals surface area contributed by atoms with Crippen molar-refractivity contribution in [2.24, 2.45) is 0 Å². The first-order valence-corrected chi connectivity index (χ1v) is 13.2. The Kier molecular flexibility index (Phi) is 6.46. The van der Waals surface area contributed by atoms with Gasteiger partial charge in [-0.25, -0.2) is 4.98 Å². The molecule has 5 nitrogen and oxygen atoms in total. The second kappa shape index (κ2) is 10.2. The summed E-state index contributed by atoms with van der Waals surface area (Å²) in [5.74, 6) is 1.47. The maximum atomic E-state index is 5.05. The van der Waals surface area contributed by atoms with E-state index in [-0.39, 0.29) is 6.04 Å². The van der Waals surface area contributed by atoms with Crippen LogP contribution in [-0.4, -0.2) is 45.7 Å². The molecule has 186 valence electrons. The minimum absolute atomic E-state index is 0.252. The monoisotopic (exact) mass is 487 g/mol. The normalized spacial score (nSPS) is 14.6. The number of hydrogen-bond acceptors (Lipinski definition) is 4. The largest absolute Gasteiger partial charge is 0.354 e. The van der Waals surface area contributed by atoms with E-state index in [1.807, 2.05) is 16.8 Å². The Morgan fingerprint density at radius 1 is 0.703 bits per heavy atom.